The minimum atomic E-state index is -0.0683. The van der Waals surface area contributed by atoms with E-state index in [-0.39, 0.29) is 12.0 Å². The smallest absolute Gasteiger partial charge is 0.251 e. The largest absolute Gasteiger partial charge is 0.491 e. The van der Waals surface area contributed by atoms with Gasteiger partial charge >= 0.3 is 0 Å². The molecule has 0 saturated heterocycles. The molecule has 3 N–H and O–H groups in total. The minimum absolute atomic E-state index is 0.0683. The summed E-state index contributed by atoms with van der Waals surface area (Å²) in [5.41, 5.74) is 6.02. The Labute approximate surface area is 109 Å². The molecule has 4 nitrogen and oxygen atoms in total. The van der Waals surface area contributed by atoms with E-state index in [4.69, 9.17) is 10.5 Å². The number of rotatable bonds is 7. The van der Waals surface area contributed by atoms with Crippen molar-refractivity contribution >= 4 is 5.91 Å². The molecule has 18 heavy (non-hydrogen) atoms. The molecular formula is C14H22N2O2. The fourth-order valence-electron chi connectivity index (χ4n) is 1.56. The normalized spacial score (nSPS) is 10.4. The predicted octanol–water partition coefficient (Wildman–Crippen LogP) is 1.94. The van der Waals surface area contributed by atoms with E-state index in [1.54, 1.807) is 12.1 Å². The van der Waals surface area contributed by atoms with Gasteiger partial charge in [0.15, 0.2) is 0 Å². The van der Waals surface area contributed by atoms with E-state index in [1.807, 2.05) is 26.0 Å². The molecule has 0 aliphatic rings. The van der Waals surface area contributed by atoms with Crippen LogP contribution in [0.25, 0.3) is 0 Å². The van der Waals surface area contributed by atoms with Crippen molar-refractivity contribution in [3.05, 3.63) is 29.8 Å². The summed E-state index contributed by atoms with van der Waals surface area (Å²) < 4.78 is 5.55. The van der Waals surface area contributed by atoms with E-state index in [9.17, 15) is 4.79 Å². The Morgan fingerprint density at radius 3 is 2.83 bits per heavy atom. The first kappa shape index (κ1) is 14.5. The van der Waals surface area contributed by atoms with Gasteiger partial charge in [0.2, 0.25) is 0 Å². The Bertz CT molecular complexity index is 378. The third-order valence-corrected chi connectivity index (χ3v) is 2.38. The Morgan fingerprint density at radius 2 is 2.17 bits per heavy atom. The summed E-state index contributed by atoms with van der Waals surface area (Å²) >= 11 is 0. The summed E-state index contributed by atoms with van der Waals surface area (Å²) in [7, 11) is 0. The average molecular weight is 250 g/mol. The molecule has 0 bridgehead atoms. The summed E-state index contributed by atoms with van der Waals surface area (Å²) in [5.74, 6) is 0.654. The topological polar surface area (TPSA) is 64.3 Å². The number of hydrogen-bond acceptors (Lipinski definition) is 3. The van der Waals surface area contributed by atoms with E-state index >= 15 is 0 Å². The molecule has 0 spiro atoms. The summed E-state index contributed by atoms with van der Waals surface area (Å²) in [5, 5.41) is 2.86. The average Bonchev–Trinajstić information content (AvgIpc) is 2.34. The van der Waals surface area contributed by atoms with Crippen molar-refractivity contribution in [2.75, 3.05) is 13.1 Å². The highest BCUT2D eigenvalue weighted by Gasteiger charge is 2.06. The fourth-order valence-corrected chi connectivity index (χ4v) is 1.56. The predicted molar refractivity (Wildman–Crippen MR) is 72.8 cm³/mol. The first-order chi connectivity index (χ1) is 8.63. The highest BCUT2D eigenvalue weighted by atomic mass is 16.5. The Balaban J connectivity index is 2.51. The second-order valence-corrected chi connectivity index (χ2v) is 4.45. The zero-order valence-electron chi connectivity index (χ0n) is 11.1. The molecule has 0 fully saturated rings. The van der Waals surface area contributed by atoms with Crippen LogP contribution in [0.5, 0.6) is 5.75 Å². The van der Waals surface area contributed by atoms with Crippen molar-refractivity contribution < 1.29 is 9.53 Å². The van der Waals surface area contributed by atoms with Gasteiger partial charge in [-0.15, -0.1) is 0 Å². The number of nitrogens with one attached hydrogen (secondary N) is 1. The van der Waals surface area contributed by atoms with Crippen molar-refractivity contribution in [2.45, 2.75) is 32.8 Å². The van der Waals surface area contributed by atoms with Gasteiger partial charge in [-0.3, -0.25) is 4.79 Å². The molecule has 0 aromatic heterocycles. The molecule has 100 valence electrons. The summed E-state index contributed by atoms with van der Waals surface area (Å²) in [4.78, 5) is 11.8. The number of carbonyl (C=O) groups is 1. The van der Waals surface area contributed by atoms with Crippen molar-refractivity contribution in [1.82, 2.24) is 5.32 Å². The molecule has 4 heteroatoms. The van der Waals surface area contributed by atoms with Crippen LogP contribution in [0.2, 0.25) is 0 Å². The lowest BCUT2D eigenvalue weighted by Crippen LogP contribution is -2.24. The fraction of sp³-hybridized carbons (Fsp3) is 0.500. The number of unbranched alkanes of at least 4 members (excludes halogenated alkanes) is 1. The lowest BCUT2D eigenvalue weighted by atomic mass is 10.2. The van der Waals surface area contributed by atoms with E-state index in [2.05, 4.69) is 5.32 Å². The van der Waals surface area contributed by atoms with Gasteiger partial charge in [-0.1, -0.05) is 6.07 Å². The van der Waals surface area contributed by atoms with E-state index in [0.29, 0.717) is 18.7 Å². The Kier molecular flexibility index (Phi) is 6.22. The lowest BCUT2D eigenvalue weighted by molar-refractivity contribution is 0.0952. The van der Waals surface area contributed by atoms with Crippen molar-refractivity contribution in [1.29, 1.82) is 0 Å². The molecule has 1 aromatic rings. The maximum atomic E-state index is 11.8. The monoisotopic (exact) mass is 250 g/mol. The minimum Gasteiger partial charge on any atom is -0.491 e. The number of carbonyl (C=O) groups excluding carboxylic acids is 1. The van der Waals surface area contributed by atoms with Gasteiger partial charge in [0.1, 0.15) is 5.75 Å². The highest BCUT2D eigenvalue weighted by Crippen LogP contribution is 2.14. The van der Waals surface area contributed by atoms with Crippen molar-refractivity contribution in [2.24, 2.45) is 5.73 Å². The van der Waals surface area contributed by atoms with E-state index in [1.165, 1.54) is 0 Å². The lowest BCUT2D eigenvalue weighted by Gasteiger charge is -2.11. The van der Waals surface area contributed by atoms with Crippen LogP contribution in [0.3, 0.4) is 0 Å². The van der Waals surface area contributed by atoms with Crippen LogP contribution >= 0.6 is 0 Å². The van der Waals surface area contributed by atoms with Gasteiger partial charge < -0.3 is 15.8 Å². The number of amides is 1. The highest BCUT2D eigenvalue weighted by molar-refractivity contribution is 5.94. The van der Waals surface area contributed by atoms with E-state index < -0.39 is 0 Å². The number of ether oxygens (including phenoxy) is 1. The quantitative estimate of drug-likeness (QED) is 0.727. The maximum absolute atomic E-state index is 11.8. The van der Waals surface area contributed by atoms with Gasteiger partial charge in [-0.05, 0) is 51.4 Å². The first-order valence-corrected chi connectivity index (χ1v) is 6.38. The molecule has 0 saturated carbocycles. The molecule has 0 aliphatic heterocycles. The van der Waals surface area contributed by atoms with Crippen molar-refractivity contribution in [3.63, 3.8) is 0 Å². The second kappa shape index (κ2) is 7.71. The van der Waals surface area contributed by atoms with Crippen LogP contribution in [0.15, 0.2) is 24.3 Å². The van der Waals surface area contributed by atoms with Crippen LogP contribution in [0.4, 0.5) is 0 Å². The SMILES string of the molecule is CC(C)Oc1cccc(C(=O)NCCCCN)c1. The third-order valence-electron chi connectivity index (χ3n) is 2.38. The zero-order valence-corrected chi connectivity index (χ0v) is 11.1. The third kappa shape index (κ3) is 5.19. The number of benzene rings is 1. The van der Waals surface area contributed by atoms with Crippen LogP contribution in [0.1, 0.15) is 37.0 Å². The summed E-state index contributed by atoms with van der Waals surface area (Å²) in [6.45, 7) is 5.23. The molecule has 0 heterocycles. The molecular weight excluding hydrogens is 228 g/mol. The molecule has 0 unspecified atom stereocenters. The molecule has 1 aromatic carbocycles. The van der Waals surface area contributed by atoms with Gasteiger partial charge in [0.05, 0.1) is 6.10 Å². The Morgan fingerprint density at radius 1 is 1.39 bits per heavy atom. The Hall–Kier alpha value is -1.55. The number of nitrogens with two attached hydrogens (primary N) is 1. The van der Waals surface area contributed by atoms with Crippen LogP contribution < -0.4 is 15.8 Å². The van der Waals surface area contributed by atoms with Gasteiger partial charge in [-0.2, -0.15) is 0 Å². The van der Waals surface area contributed by atoms with Crippen LogP contribution in [0, 0.1) is 0 Å². The molecule has 0 radical (unpaired) electrons. The number of hydrogen-bond donors (Lipinski definition) is 2. The van der Waals surface area contributed by atoms with Crippen LogP contribution in [-0.2, 0) is 0 Å². The molecule has 0 atom stereocenters. The molecule has 1 amide bonds. The standard InChI is InChI=1S/C14H22N2O2/c1-11(2)18-13-7-5-6-12(10-13)14(17)16-9-4-3-8-15/h5-7,10-11H,3-4,8-9,15H2,1-2H3,(H,16,17). The maximum Gasteiger partial charge on any atom is 0.251 e. The summed E-state index contributed by atoms with van der Waals surface area (Å²) in [6.07, 6.45) is 1.94. The summed E-state index contributed by atoms with van der Waals surface area (Å²) in [6, 6.07) is 7.22. The second-order valence-electron chi connectivity index (χ2n) is 4.45. The van der Waals surface area contributed by atoms with Gasteiger partial charge in [-0.25, -0.2) is 0 Å². The van der Waals surface area contributed by atoms with E-state index in [0.717, 1.165) is 18.6 Å². The van der Waals surface area contributed by atoms with Crippen LogP contribution in [-0.4, -0.2) is 25.1 Å². The first-order valence-electron chi connectivity index (χ1n) is 6.38. The van der Waals surface area contributed by atoms with Gasteiger partial charge in [0, 0.05) is 12.1 Å². The molecule has 0 aliphatic carbocycles. The van der Waals surface area contributed by atoms with Crippen molar-refractivity contribution in [3.8, 4) is 5.75 Å². The van der Waals surface area contributed by atoms with Gasteiger partial charge in [0.25, 0.3) is 5.91 Å². The molecule has 1 rings (SSSR count). The zero-order chi connectivity index (χ0) is 13.4.